The molecule has 60 valence electrons. The number of carboxylic acids is 1. The minimum Gasteiger partial charge on any atom is -0.478 e. The van der Waals surface area contributed by atoms with E-state index >= 15 is 0 Å². The minimum atomic E-state index is -3.22. The van der Waals surface area contributed by atoms with Crippen molar-refractivity contribution in [2.75, 3.05) is 0 Å². The highest BCUT2D eigenvalue weighted by molar-refractivity contribution is 6.37. The fraction of sp³-hybridized carbons (Fsp3) is 0. The van der Waals surface area contributed by atoms with Crippen LogP contribution in [0.2, 0.25) is 0 Å². The van der Waals surface area contributed by atoms with E-state index in [1.54, 1.807) is 0 Å². The van der Waals surface area contributed by atoms with Gasteiger partial charge in [0.1, 0.15) is 0 Å². The molecule has 4 nitrogen and oxygen atoms in total. The lowest BCUT2D eigenvalue weighted by Crippen LogP contribution is -2.10. The van der Waals surface area contributed by atoms with Crippen molar-refractivity contribution in [3.8, 4) is 0 Å². The van der Waals surface area contributed by atoms with E-state index in [0.29, 0.717) is 12.2 Å². The van der Waals surface area contributed by atoms with Gasteiger partial charge in [-0.3, -0.25) is 0 Å². The highest BCUT2D eigenvalue weighted by atomic mass is 19.2. The number of aliphatic carboxylic acids is 1. The van der Waals surface area contributed by atoms with Gasteiger partial charge in [0.2, 0.25) is 0 Å². The molecule has 0 aliphatic carbocycles. The summed E-state index contributed by atoms with van der Waals surface area (Å²) in [4.78, 5) is 19.8. The minimum absolute atomic E-state index is 0.397. The van der Waals surface area contributed by atoms with Crippen molar-refractivity contribution in [3.63, 3.8) is 0 Å². The van der Waals surface area contributed by atoms with Crippen LogP contribution in [0.1, 0.15) is 0 Å². The summed E-state index contributed by atoms with van der Waals surface area (Å²) >= 11 is 0. The van der Waals surface area contributed by atoms with Crippen molar-refractivity contribution >= 4 is 19.4 Å². The van der Waals surface area contributed by atoms with E-state index in [4.69, 9.17) is 5.11 Å². The molecule has 0 saturated heterocycles. The number of hydrogen-bond donors (Lipinski definition) is 1. The highest BCUT2D eigenvalue weighted by Gasteiger charge is 2.19. The van der Waals surface area contributed by atoms with Crippen molar-refractivity contribution in [1.29, 1.82) is 0 Å². The van der Waals surface area contributed by atoms with Gasteiger partial charge in [-0.05, 0) is 0 Å². The summed E-state index contributed by atoms with van der Waals surface area (Å²) in [6.07, 6.45) is 0.805. The van der Waals surface area contributed by atoms with Crippen molar-refractivity contribution in [2.45, 2.75) is 0 Å². The summed E-state index contributed by atoms with van der Waals surface area (Å²) in [5.74, 6) is -2.79. The molecule has 11 heavy (non-hydrogen) atoms. The number of carboxylic acid groups (broad SMARTS) is 1. The molecule has 0 aromatic rings. The Morgan fingerprint density at radius 2 is 1.91 bits per heavy atom. The first kappa shape index (κ1) is 9.60. The van der Waals surface area contributed by atoms with Crippen LogP contribution in [0.4, 0.5) is 8.63 Å². The van der Waals surface area contributed by atoms with E-state index in [1.165, 1.54) is 0 Å². The standard InChI is InChI=1S/C4H3BF2O4/c6-5(7)11-4(10)2-1-3(8)9/h1-2H,(H,8,9). The van der Waals surface area contributed by atoms with Crippen LogP contribution in [0.25, 0.3) is 0 Å². The Hall–Kier alpha value is -1.40. The average Bonchev–Trinajstić information content (AvgIpc) is 1.82. The second-order valence-corrected chi connectivity index (χ2v) is 1.37. The lowest BCUT2D eigenvalue weighted by Gasteiger charge is -1.92. The number of carbonyl (C=O) groups excluding carboxylic acids is 1. The molecule has 0 bridgehead atoms. The first-order valence-electron chi connectivity index (χ1n) is 2.42. The molecule has 7 heteroatoms. The predicted octanol–water partition coefficient (Wildman–Crippen LogP) is 0.0943. The normalized spacial score (nSPS) is 9.64. The van der Waals surface area contributed by atoms with Gasteiger partial charge in [-0.15, -0.1) is 0 Å². The molecule has 0 saturated carbocycles. The molecule has 0 heterocycles. The Morgan fingerprint density at radius 1 is 1.36 bits per heavy atom. The molecule has 0 aromatic heterocycles. The van der Waals surface area contributed by atoms with Crippen molar-refractivity contribution < 1.29 is 28.0 Å². The van der Waals surface area contributed by atoms with Gasteiger partial charge in [-0.1, -0.05) is 0 Å². The Bertz CT molecular complexity index is 191. The van der Waals surface area contributed by atoms with E-state index in [1.807, 2.05) is 0 Å². The van der Waals surface area contributed by atoms with Gasteiger partial charge in [0, 0.05) is 12.2 Å². The molecule has 0 unspecified atom stereocenters. The third-order valence-electron chi connectivity index (χ3n) is 0.567. The highest BCUT2D eigenvalue weighted by Crippen LogP contribution is 1.90. The van der Waals surface area contributed by atoms with E-state index in [-0.39, 0.29) is 0 Å². The summed E-state index contributed by atoms with van der Waals surface area (Å²) < 4.78 is 25.6. The maximum Gasteiger partial charge on any atom is 0.798 e. The molecule has 0 amide bonds. The van der Waals surface area contributed by atoms with Crippen LogP contribution in [0.5, 0.6) is 0 Å². The Kier molecular flexibility index (Phi) is 3.86. The molecule has 0 radical (unpaired) electrons. The van der Waals surface area contributed by atoms with Crippen LogP contribution in [0.15, 0.2) is 12.2 Å². The second kappa shape index (κ2) is 4.43. The molecule has 0 rings (SSSR count). The summed E-state index contributed by atoms with van der Waals surface area (Å²) in [6.45, 7) is 0. The van der Waals surface area contributed by atoms with E-state index < -0.39 is 19.4 Å². The van der Waals surface area contributed by atoms with Gasteiger partial charge in [0.15, 0.2) is 0 Å². The lowest BCUT2D eigenvalue weighted by molar-refractivity contribution is -0.133. The van der Waals surface area contributed by atoms with Gasteiger partial charge >= 0.3 is 19.4 Å². The maximum absolute atomic E-state index is 11.2. The second-order valence-electron chi connectivity index (χ2n) is 1.37. The van der Waals surface area contributed by atoms with Crippen LogP contribution in [0, 0.1) is 0 Å². The Morgan fingerprint density at radius 3 is 2.27 bits per heavy atom. The fourth-order valence-electron chi connectivity index (χ4n) is 0.266. The third kappa shape index (κ3) is 6.49. The zero-order chi connectivity index (χ0) is 8.85. The smallest absolute Gasteiger partial charge is 0.478 e. The first-order chi connectivity index (χ1) is 5.02. The SMILES string of the molecule is O=C(O)C=CC(=O)OB(F)F. The topological polar surface area (TPSA) is 63.6 Å². The van der Waals surface area contributed by atoms with Crippen molar-refractivity contribution in [3.05, 3.63) is 12.2 Å². The molecular formula is C4H3BF2O4. The summed E-state index contributed by atoms with van der Waals surface area (Å²) in [7, 11) is -3.22. The molecule has 0 fully saturated rings. The third-order valence-corrected chi connectivity index (χ3v) is 0.567. The fourth-order valence-corrected chi connectivity index (χ4v) is 0.266. The van der Waals surface area contributed by atoms with E-state index in [0.717, 1.165) is 0 Å². The van der Waals surface area contributed by atoms with Gasteiger partial charge in [0.05, 0.1) is 0 Å². The Balaban J connectivity index is 3.78. The van der Waals surface area contributed by atoms with Crippen LogP contribution in [-0.4, -0.2) is 24.5 Å². The average molecular weight is 164 g/mol. The molecule has 0 atom stereocenters. The monoisotopic (exact) mass is 164 g/mol. The van der Waals surface area contributed by atoms with Crippen LogP contribution in [-0.2, 0) is 14.2 Å². The number of halogens is 2. The molecular weight excluding hydrogens is 161 g/mol. The van der Waals surface area contributed by atoms with Gasteiger partial charge in [-0.25, -0.2) is 18.2 Å². The van der Waals surface area contributed by atoms with Crippen LogP contribution < -0.4 is 0 Å². The molecule has 1 N–H and O–H groups in total. The summed E-state index contributed by atoms with van der Waals surface area (Å²) in [5.41, 5.74) is 0. The summed E-state index contributed by atoms with van der Waals surface area (Å²) in [6, 6.07) is 0. The van der Waals surface area contributed by atoms with Crippen LogP contribution >= 0.6 is 0 Å². The quantitative estimate of drug-likeness (QED) is 0.474. The number of rotatable bonds is 3. The van der Waals surface area contributed by atoms with Gasteiger partial charge in [0.25, 0.3) is 0 Å². The van der Waals surface area contributed by atoms with Gasteiger partial charge < -0.3 is 9.76 Å². The Labute approximate surface area is 60.7 Å². The zero-order valence-electron chi connectivity index (χ0n) is 5.16. The maximum atomic E-state index is 11.2. The zero-order valence-corrected chi connectivity index (χ0v) is 5.16. The largest absolute Gasteiger partial charge is 0.798 e. The predicted molar refractivity (Wildman–Crippen MR) is 30.8 cm³/mol. The number of carbonyl (C=O) groups is 2. The van der Waals surface area contributed by atoms with Crippen molar-refractivity contribution in [2.24, 2.45) is 0 Å². The molecule has 0 aliphatic heterocycles. The van der Waals surface area contributed by atoms with E-state index in [9.17, 15) is 18.2 Å². The molecule has 0 aromatic carbocycles. The van der Waals surface area contributed by atoms with Crippen molar-refractivity contribution in [1.82, 2.24) is 0 Å². The first-order valence-corrected chi connectivity index (χ1v) is 2.42. The van der Waals surface area contributed by atoms with Crippen LogP contribution in [0.3, 0.4) is 0 Å². The number of hydrogen-bond acceptors (Lipinski definition) is 3. The molecule has 0 spiro atoms. The molecule has 0 aliphatic rings. The lowest BCUT2D eigenvalue weighted by atomic mass is 10.3. The van der Waals surface area contributed by atoms with E-state index in [2.05, 4.69) is 4.65 Å². The van der Waals surface area contributed by atoms with Gasteiger partial charge in [-0.2, -0.15) is 0 Å². The summed E-state index contributed by atoms with van der Waals surface area (Å²) in [5, 5.41) is 7.91.